The number of benzene rings is 5. The summed E-state index contributed by atoms with van der Waals surface area (Å²) in [6, 6.07) is 33.5. The number of fused-ring (bicyclic) bond motifs is 6. The molecule has 1 nitrogen and oxygen atoms in total. The Labute approximate surface area is 178 Å². The van der Waals surface area contributed by atoms with Gasteiger partial charge in [0, 0.05) is 5.69 Å². The van der Waals surface area contributed by atoms with Crippen LogP contribution in [0.2, 0.25) is 0 Å². The van der Waals surface area contributed by atoms with E-state index >= 15 is 0 Å². The number of rotatable bonds is 5. The Kier molecular flexibility index (Phi) is 4.88. The van der Waals surface area contributed by atoms with Gasteiger partial charge in [-0.3, -0.25) is 0 Å². The van der Waals surface area contributed by atoms with Gasteiger partial charge in [-0.25, -0.2) is 0 Å². The van der Waals surface area contributed by atoms with Gasteiger partial charge in [-0.05, 0) is 68.9 Å². The number of nitrogens with one attached hydrogen (secondary N) is 1. The van der Waals surface area contributed by atoms with Crippen LogP contribution >= 0.6 is 0 Å². The fraction of sp³-hybridized carbons (Fsp3) is 0.172. The maximum atomic E-state index is 3.81. The summed E-state index contributed by atoms with van der Waals surface area (Å²) in [5.74, 6) is 0. The van der Waals surface area contributed by atoms with Gasteiger partial charge in [-0.2, -0.15) is 0 Å². The van der Waals surface area contributed by atoms with Crippen molar-refractivity contribution in [2.45, 2.75) is 32.7 Å². The van der Waals surface area contributed by atoms with E-state index in [0.717, 1.165) is 12.8 Å². The molecule has 0 saturated heterocycles. The van der Waals surface area contributed by atoms with Gasteiger partial charge in [0.25, 0.3) is 0 Å². The highest BCUT2D eigenvalue weighted by atomic mass is 14.9. The fourth-order valence-electron chi connectivity index (χ4n) is 4.68. The van der Waals surface area contributed by atoms with Crippen LogP contribution < -0.4 is 5.32 Å². The molecule has 0 saturated carbocycles. The van der Waals surface area contributed by atoms with E-state index in [1.54, 1.807) is 0 Å². The van der Waals surface area contributed by atoms with Crippen LogP contribution in [-0.2, 0) is 0 Å². The molecule has 1 unspecified atom stereocenters. The maximum absolute atomic E-state index is 3.81. The normalized spacial score (nSPS) is 12.5. The summed E-state index contributed by atoms with van der Waals surface area (Å²) in [6.45, 7) is 4.43. The Hall–Kier alpha value is -3.32. The van der Waals surface area contributed by atoms with Crippen LogP contribution in [0.4, 0.5) is 5.69 Å². The Morgan fingerprint density at radius 2 is 1.17 bits per heavy atom. The number of hydrogen-bond donors (Lipinski definition) is 1. The summed E-state index contributed by atoms with van der Waals surface area (Å²) in [5.41, 5.74) is 3.86. The van der Waals surface area contributed by atoms with Crippen molar-refractivity contribution in [3.05, 3.63) is 102 Å². The first-order valence-electron chi connectivity index (χ1n) is 10.9. The monoisotopic (exact) mass is 389 g/mol. The van der Waals surface area contributed by atoms with Gasteiger partial charge in [-0.15, -0.1) is 0 Å². The van der Waals surface area contributed by atoms with Crippen LogP contribution in [0, 0.1) is 6.92 Å². The van der Waals surface area contributed by atoms with Crippen LogP contribution in [0.1, 0.15) is 36.9 Å². The van der Waals surface area contributed by atoms with E-state index in [9.17, 15) is 0 Å². The quantitative estimate of drug-likeness (QED) is 0.297. The summed E-state index contributed by atoms with van der Waals surface area (Å²) in [5, 5.41) is 11.8. The molecule has 30 heavy (non-hydrogen) atoms. The second-order valence-corrected chi connectivity index (χ2v) is 8.20. The average molecular weight is 390 g/mol. The Bertz CT molecular complexity index is 1310. The molecule has 0 aliphatic rings. The van der Waals surface area contributed by atoms with Crippen molar-refractivity contribution in [1.29, 1.82) is 0 Å². The van der Waals surface area contributed by atoms with Gasteiger partial charge in [0.2, 0.25) is 0 Å². The first-order valence-corrected chi connectivity index (χ1v) is 10.9. The van der Waals surface area contributed by atoms with Gasteiger partial charge in [0.15, 0.2) is 0 Å². The lowest BCUT2D eigenvalue weighted by atomic mass is 9.91. The van der Waals surface area contributed by atoms with Crippen molar-refractivity contribution < 1.29 is 0 Å². The number of para-hydroxylation sites is 1. The number of aryl methyl sites for hydroxylation is 1. The highest BCUT2D eigenvalue weighted by Gasteiger charge is 2.14. The predicted octanol–water partition coefficient (Wildman–Crippen LogP) is 8.41. The summed E-state index contributed by atoms with van der Waals surface area (Å²) >= 11 is 0. The molecule has 5 aromatic carbocycles. The molecule has 1 atom stereocenters. The minimum atomic E-state index is 0.297. The van der Waals surface area contributed by atoms with Crippen LogP contribution in [0.15, 0.2) is 91.0 Å². The average Bonchev–Trinajstić information content (AvgIpc) is 2.80. The molecule has 5 rings (SSSR count). The number of hydrogen-bond acceptors (Lipinski definition) is 1. The molecule has 0 amide bonds. The summed E-state index contributed by atoms with van der Waals surface area (Å²) < 4.78 is 0. The summed E-state index contributed by atoms with van der Waals surface area (Å²) in [7, 11) is 0. The van der Waals surface area contributed by atoms with Crippen LogP contribution in [0.3, 0.4) is 0 Å². The predicted molar refractivity (Wildman–Crippen MR) is 131 cm³/mol. The molecule has 5 aromatic rings. The van der Waals surface area contributed by atoms with Gasteiger partial charge in [-0.1, -0.05) is 92.2 Å². The highest BCUT2D eigenvalue weighted by Crippen LogP contribution is 2.37. The lowest BCUT2D eigenvalue weighted by molar-refractivity contribution is 0.678. The van der Waals surface area contributed by atoms with Crippen molar-refractivity contribution in [1.82, 2.24) is 0 Å². The Morgan fingerprint density at radius 3 is 1.77 bits per heavy atom. The molecule has 0 fully saturated rings. The third kappa shape index (κ3) is 3.21. The van der Waals surface area contributed by atoms with Gasteiger partial charge in [0.1, 0.15) is 0 Å². The zero-order valence-electron chi connectivity index (χ0n) is 17.7. The first kappa shape index (κ1) is 18.7. The van der Waals surface area contributed by atoms with E-state index in [-0.39, 0.29) is 0 Å². The fourth-order valence-corrected chi connectivity index (χ4v) is 4.68. The molecule has 1 N–H and O–H groups in total. The second kappa shape index (κ2) is 7.84. The number of anilines is 1. The lowest BCUT2D eigenvalue weighted by Crippen LogP contribution is -2.11. The van der Waals surface area contributed by atoms with Crippen molar-refractivity contribution in [2.24, 2.45) is 0 Å². The van der Waals surface area contributed by atoms with Gasteiger partial charge >= 0.3 is 0 Å². The van der Waals surface area contributed by atoms with Crippen molar-refractivity contribution in [3.63, 3.8) is 0 Å². The molecule has 0 radical (unpaired) electrons. The lowest BCUT2D eigenvalue weighted by Gasteiger charge is -2.22. The van der Waals surface area contributed by atoms with E-state index in [0.29, 0.717) is 6.04 Å². The molecule has 0 aromatic heterocycles. The molecule has 0 spiro atoms. The minimum Gasteiger partial charge on any atom is -0.378 e. The molecule has 148 valence electrons. The second-order valence-electron chi connectivity index (χ2n) is 8.20. The van der Waals surface area contributed by atoms with Gasteiger partial charge < -0.3 is 5.32 Å². The topological polar surface area (TPSA) is 12.0 Å². The summed E-state index contributed by atoms with van der Waals surface area (Å²) in [6.07, 6.45) is 2.24. The summed E-state index contributed by atoms with van der Waals surface area (Å²) in [4.78, 5) is 0. The Balaban J connectivity index is 1.71. The zero-order chi connectivity index (χ0) is 20.5. The van der Waals surface area contributed by atoms with E-state index < -0.39 is 0 Å². The highest BCUT2D eigenvalue weighted by molar-refractivity contribution is 6.25. The molecule has 1 heteroatoms. The SMILES string of the molecule is CCCC(Nc1ccccc1C)c1ccc2c3ccccc3c3ccccc3c2c1. The smallest absolute Gasteiger partial charge is 0.0514 e. The van der Waals surface area contributed by atoms with E-state index in [1.165, 1.54) is 49.1 Å². The van der Waals surface area contributed by atoms with Crippen molar-refractivity contribution in [2.75, 3.05) is 5.32 Å². The molecule has 0 bridgehead atoms. The maximum Gasteiger partial charge on any atom is 0.0514 e. The molecule has 0 aliphatic carbocycles. The van der Waals surface area contributed by atoms with Crippen molar-refractivity contribution >= 4 is 38.0 Å². The third-order valence-corrected chi connectivity index (χ3v) is 6.22. The van der Waals surface area contributed by atoms with Crippen LogP contribution in [0.5, 0.6) is 0 Å². The third-order valence-electron chi connectivity index (χ3n) is 6.22. The van der Waals surface area contributed by atoms with Crippen LogP contribution in [-0.4, -0.2) is 0 Å². The van der Waals surface area contributed by atoms with Crippen LogP contribution in [0.25, 0.3) is 32.3 Å². The first-order chi connectivity index (χ1) is 14.8. The van der Waals surface area contributed by atoms with E-state index in [1.807, 2.05) is 0 Å². The standard InChI is InChI=1S/C29H27N/c1-3-10-29(30-28-16-9-4-11-20(28)2)21-17-18-26-24-14-6-5-12-22(24)23-13-7-8-15-25(23)27(26)19-21/h4-9,11-19,29-30H,3,10H2,1-2H3. The van der Waals surface area contributed by atoms with Gasteiger partial charge in [0.05, 0.1) is 6.04 Å². The Morgan fingerprint density at radius 1 is 0.633 bits per heavy atom. The molecule has 0 heterocycles. The van der Waals surface area contributed by atoms with E-state index in [4.69, 9.17) is 0 Å². The van der Waals surface area contributed by atoms with E-state index in [2.05, 4.69) is 110 Å². The molecule has 0 aliphatic heterocycles. The zero-order valence-corrected chi connectivity index (χ0v) is 17.7. The molecular formula is C29H27N. The largest absolute Gasteiger partial charge is 0.378 e. The van der Waals surface area contributed by atoms with Crippen molar-refractivity contribution in [3.8, 4) is 0 Å². The molecular weight excluding hydrogens is 362 g/mol. The minimum absolute atomic E-state index is 0.297.